The van der Waals surface area contributed by atoms with Crippen LogP contribution in [0.1, 0.15) is 36.5 Å². The van der Waals surface area contributed by atoms with E-state index in [9.17, 15) is 9.59 Å². The topological polar surface area (TPSA) is 51.5 Å². The average Bonchev–Trinajstić information content (AvgIpc) is 2.90. The van der Waals surface area contributed by atoms with E-state index >= 15 is 0 Å². The first-order valence-corrected chi connectivity index (χ1v) is 8.27. The van der Waals surface area contributed by atoms with Crippen LogP contribution < -0.4 is 4.74 Å². The molecule has 0 spiro atoms. The maximum absolute atomic E-state index is 12.6. The largest absolute Gasteiger partial charge is 0.497 e. The average molecular weight is 330 g/mol. The third-order valence-electron chi connectivity index (χ3n) is 4.11. The Balaban J connectivity index is 2.31. The summed E-state index contributed by atoms with van der Waals surface area (Å²) in [6, 6.07) is 5.79. The number of aromatic nitrogens is 1. The molecule has 130 valence electrons. The molecule has 0 amide bonds. The number of hydrogen-bond donors (Lipinski definition) is 0. The molecule has 0 N–H and O–H groups in total. The first kappa shape index (κ1) is 18.2. The summed E-state index contributed by atoms with van der Waals surface area (Å²) in [6.45, 7) is 2.47. The Hall–Kier alpha value is -2.14. The van der Waals surface area contributed by atoms with Crippen LogP contribution in [0.4, 0.5) is 0 Å². The van der Waals surface area contributed by atoms with Crippen molar-refractivity contribution in [3.8, 4) is 5.75 Å². The number of rotatable bonds is 8. The number of hydrogen-bond acceptors (Lipinski definition) is 4. The fraction of sp³-hybridized carbons (Fsp3) is 0.474. The molecule has 1 heterocycles. The van der Waals surface area contributed by atoms with E-state index in [0.29, 0.717) is 19.3 Å². The molecule has 24 heavy (non-hydrogen) atoms. The fourth-order valence-electron chi connectivity index (χ4n) is 2.76. The molecule has 1 aromatic carbocycles. The van der Waals surface area contributed by atoms with Gasteiger partial charge in [-0.15, -0.1) is 0 Å². The van der Waals surface area contributed by atoms with Crippen molar-refractivity contribution in [3.05, 3.63) is 30.0 Å². The molecule has 0 aliphatic carbocycles. The Morgan fingerprint density at radius 2 is 1.96 bits per heavy atom. The second-order valence-corrected chi connectivity index (χ2v) is 6.41. The number of ether oxygens (including phenoxy) is 1. The Morgan fingerprint density at radius 1 is 1.21 bits per heavy atom. The van der Waals surface area contributed by atoms with Gasteiger partial charge in [0.2, 0.25) is 5.91 Å². The predicted molar refractivity (Wildman–Crippen MR) is 95.9 cm³/mol. The van der Waals surface area contributed by atoms with Crippen molar-refractivity contribution in [1.29, 1.82) is 0 Å². The lowest BCUT2D eigenvalue weighted by Crippen LogP contribution is -2.15. The van der Waals surface area contributed by atoms with Crippen LogP contribution in [-0.4, -0.2) is 48.9 Å². The highest BCUT2D eigenvalue weighted by Gasteiger charge is 2.14. The van der Waals surface area contributed by atoms with Crippen molar-refractivity contribution in [2.75, 3.05) is 27.7 Å². The molecule has 5 heteroatoms. The highest BCUT2D eigenvalue weighted by molar-refractivity contribution is 5.95. The number of fused-ring (bicyclic) bond motifs is 1. The van der Waals surface area contributed by atoms with Crippen molar-refractivity contribution in [1.82, 2.24) is 9.47 Å². The van der Waals surface area contributed by atoms with Crippen molar-refractivity contribution < 1.29 is 14.3 Å². The molecule has 2 rings (SSSR count). The van der Waals surface area contributed by atoms with Crippen LogP contribution >= 0.6 is 0 Å². The van der Waals surface area contributed by atoms with Crippen molar-refractivity contribution in [2.45, 2.75) is 32.6 Å². The highest BCUT2D eigenvalue weighted by atomic mass is 16.5. The van der Waals surface area contributed by atoms with Gasteiger partial charge in [0.1, 0.15) is 11.5 Å². The summed E-state index contributed by atoms with van der Waals surface area (Å²) in [5, 5.41) is 1.05. The predicted octanol–water partition coefficient (Wildman–Crippen LogP) is 3.15. The van der Waals surface area contributed by atoms with E-state index in [1.165, 1.54) is 0 Å². The lowest BCUT2D eigenvalue weighted by molar-refractivity contribution is -0.117. The van der Waals surface area contributed by atoms with Gasteiger partial charge < -0.3 is 14.4 Å². The van der Waals surface area contributed by atoms with Gasteiger partial charge in [0.25, 0.3) is 0 Å². The second-order valence-electron chi connectivity index (χ2n) is 6.41. The number of nitrogens with zero attached hydrogens (tertiary/aromatic N) is 2. The summed E-state index contributed by atoms with van der Waals surface area (Å²) < 4.78 is 7.04. The Kier molecular flexibility index (Phi) is 6.15. The molecule has 1 aromatic heterocycles. The van der Waals surface area contributed by atoms with Crippen LogP contribution in [0.25, 0.3) is 10.9 Å². The summed E-state index contributed by atoms with van der Waals surface area (Å²) in [5.74, 6) is 0.939. The summed E-state index contributed by atoms with van der Waals surface area (Å²) in [5.41, 5.74) is 2.04. The lowest BCUT2D eigenvalue weighted by atomic mass is 10.1. The molecule has 0 fully saturated rings. The number of likely N-dealkylation sites (N-methyl/N-ethyl adjacent to an activating group) is 1. The zero-order chi connectivity index (χ0) is 17.7. The Bertz CT molecular complexity index is 732. The van der Waals surface area contributed by atoms with Gasteiger partial charge in [-0.3, -0.25) is 9.36 Å². The minimum absolute atomic E-state index is 0.0301. The maximum atomic E-state index is 12.6. The van der Waals surface area contributed by atoms with Gasteiger partial charge in [0.15, 0.2) is 0 Å². The number of ketones is 1. The molecular formula is C19H26N2O3. The standard InChI is InChI=1S/C19H26N2O3/c1-14(22)6-5-7-19(23)21-13-15(10-11-20(2)3)17-12-16(24-4)8-9-18(17)21/h8-9,12-13H,5-7,10-11H2,1-4H3. The SMILES string of the molecule is COc1ccc2c(c1)c(CCN(C)C)cn2C(=O)CCCC(C)=O. The number of Topliss-reactive ketones (excluding diaryl/α,β-unsaturated/α-hetero) is 1. The van der Waals surface area contributed by atoms with Gasteiger partial charge >= 0.3 is 0 Å². The van der Waals surface area contributed by atoms with Crippen LogP contribution in [-0.2, 0) is 11.2 Å². The lowest BCUT2D eigenvalue weighted by Gasteiger charge is -2.08. The third kappa shape index (κ3) is 4.45. The van der Waals surface area contributed by atoms with Crippen LogP contribution in [0, 0.1) is 0 Å². The van der Waals surface area contributed by atoms with E-state index in [-0.39, 0.29) is 11.7 Å². The summed E-state index contributed by atoms with van der Waals surface area (Å²) in [4.78, 5) is 25.7. The van der Waals surface area contributed by atoms with Gasteiger partial charge in [0.05, 0.1) is 12.6 Å². The number of benzene rings is 1. The molecule has 0 aliphatic heterocycles. The molecule has 2 aromatic rings. The molecular weight excluding hydrogens is 304 g/mol. The van der Waals surface area contributed by atoms with E-state index < -0.39 is 0 Å². The summed E-state index contributed by atoms with van der Waals surface area (Å²) >= 11 is 0. The molecule has 0 aliphatic rings. The normalized spacial score (nSPS) is 11.2. The fourth-order valence-corrected chi connectivity index (χ4v) is 2.76. The first-order valence-electron chi connectivity index (χ1n) is 8.27. The van der Waals surface area contributed by atoms with Gasteiger partial charge in [-0.1, -0.05) is 0 Å². The van der Waals surface area contributed by atoms with E-state index in [1.807, 2.05) is 38.5 Å². The van der Waals surface area contributed by atoms with Crippen LogP contribution in [0.3, 0.4) is 0 Å². The monoisotopic (exact) mass is 330 g/mol. The maximum Gasteiger partial charge on any atom is 0.231 e. The first-order chi connectivity index (χ1) is 11.4. The van der Waals surface area contributed by atoms with Crippen LogP contribution in [0.5, 0.6) is 5.75 Å². The molecule has 0 radical (unpaired) electrons. The van der Waals surface area contributed by atoms with Gasteiger partial charge in [-0.25, -0.2) is 0 Å². The minimum Gasteiger partial charge on any atom is -0.497 e. The molecule has 0 saturated heterocycles. The number of carbonyl (C=O) groups excluding carboxylic acids is 2. The number of carbonyl (C=O) groups is 2. The smallest absolute Gasteiger partial charge is 0.231 e. The van der Waals surface area contributed by atoms with E-state index in [2.05, 4.69) is 4.90 Å². The third-order valence-corrected chi connectivity index (χ3v) is 4.11. The molecule has 0 saturated carbocycles. The highest BCUT2D eigenvalue weighted by Crippen LogP contribution is 2.27. The minimum atomic E-state index is 0.0301. The molecule has 0 atom stereocenters. The van der Waals surface area contributed by atoms with Crippen molar-refractivity contribution in [3.63, 3.8) is 0 Å². The summed E-state index contributed by atoms with van der Waals surface area (Å²) in [6.07, 6.45) is 4.22. The van der Waals surface area contributed by atoms with E-state index in [4.69, 9.17) is 4.74 Å². The number of methoxy groups -OCH3 is 1. The molecule has 0 bridgehead atoms. The zero-order valence-corrected chi connectivity index (χ0v) is 15.0. The Morgan fingerprint density at radius 3 is 2.58 bits per heavy atom. The van der Waals surface area contributed by atoms with E-state index in [1.54, 1.807) is 18.6 Å². The summed E-state index contributed by atoms with van der Waals surface area (Å²) in [7, 11) is 5.71. The van der Waals surface area contributed by atoms with Gasteiger partial charge in [-0.05, 0) is 57.6 Å². The zero-order valence-electron chi connectivity index (χ0n) is 15.0. The van der Waals surface area contributed by atoms with Gasteiger partial charge in [-0.2, -0.15) is 0 Å². The molecule has 0 unspecified atom stereocenters. The van der Waals surface area contributed by atoms with E-state index in [0.717, 1.165) is 35.2 Å². The van der Waals surface area contributed by atoms with Crippen molar-refractivity contribution >= 4 is 22.6 Å². The second kappa shape index (κ2) is 8.11. The van der Waals surface area contributed by atoms with Gasteiger partial charge in [0, 0.05) is 31.0 Å². The quantitative estimate of drug-likeness (QED) is 0.746. The molecule has 5 nitrogen and oxygen atoms in total. The Labute approximate surface area is 143 Å². The van der Waals surface area contributed by atoms with Crippen molar-refractivity contribution in [2.24, 2.45) is 0 Å². The van der Waals surface area contributed by atoms with Crippen LogP contribution in [0.15, 0.2) is 24.4 Å². The van der Waals surface area contributed by atoms with Crippen LogP contribution in [0.2, 0.25) is 0 Å².